The lowest BCUT2D eigenvalue weighted by atomic mass is 9.86. The van der Waals surface area contributed by atoms with Gasteiger partial charge < -0.3 is 4.90 Å². The molecule has 1 N–H and O–H groups in total. The van der Waals surface area contributed by atoms with Crippen molar-refractivity contribution in [1.29, 1.82) is 0 Å². The molecule has 0 spiro atoms. The third-order valence-corrected chi connectivity index (χ3v) is 4.45. The predicted molar refractivity (Wildman–Crippen MR) is 74.8 cm³/mol. The van der Waals surface area contributed by atoms with E-state index < -0.39 is 6.04 Å². The van der Waals surface area contributed by atoms with Crippen LogP contribution < -0.4 is 5.32 Å². The van der Waals surface area contributed by atoms with E-state index in [2.05, 4.69) is 5.32 Å². The van der Waals surface area contributed by atoms with Crippen molar-refractivity contribution < 1.29 is 14.4 Å². The first kappa shape index (κ1) is 15.0. The lowest BCUT2D eigenvalue weighted by Gasteiger charge is -2.34. The highest BCUT2D eigenvalue weighted by Gasteiger charge is 2.35. The number of carbonyl (C=O) groups excluding carboxylic acids is 3. The summed E-state index contributed by atoms with van der Waals surface area (Å²) in [6.07, 6.45) is 8.16. The molecule has 0 aromatic rings. The Labute approximate surface area is 120 Å². The van der Waals surface area contributed by atoms with Crippen LogP contribution in [-0.4, -0.2) is 35.2 Å². The lowest BCUT2D eigenvalue weighted by molar-refractivity contribution is -0.150. The van der Waals surface area contributed by atoms with E-state index in [0.29, 0.717) is 18.8 Å². The van der Waals surface area contributed by atoms with Crippen LogP contribution in [0.1, 0.15) is 58.3 Å². The Kier molecular flexibility index (Phi) is 5.15. The van der Waals surface area contributed by atoms with Gasteiger partial charge in [-0.15, -0.1) is 0 Å². The van der Waals surface area contributed by atoms with E-state index in [0.717, 1.165) is 6.42 Å². The third kappa shape index (κ3) is 3.58. The van der Waals surface area contributed by atoms with E-state index in [1.165, 1.54) is 37.0 Å². The average Bonchev–Trinajstić information content (AvgIpc) is 2.45. The van der Waals surface area contributed by atoms with E-state index in [9.17, 15) is 14.4 Å². The molecule has 2 fully saturated rings. The third-order valence-electron chi connectivity index (χ3n) is 4.45. The number of amides is 3. The quantitative estimate of drug-likeness (QED) is 0.796. The molecule has 1 saturated heterocycles. The topological polar surface area (TPSA) is 66.5 Å². The lowest BCUT2D eigenvalue weighted by Crippen LogP contribution is -2.59. The summed E-state index contributed by atoms with van der Waals surface area (Å²) in [6.45, 7) is 1.88. The predicted octanol–water partition coefficient (Wildman–Crippen LogP) is 1.61. The zero-order chi connectivity index (χ0) is 14.5. The molecule has 112 valence electrons. The van der Waals surface area contributed by atoms with Crippen molar-refractivity contribution in [3.63, 3.8) is 0 Å². The number of carbonyl (C=O) groups is 3. The molecule has 1 aliphatic heterocycles. The first-order valence-corrected chi connectivity index (χ1v) is 7.75. The van der Waals surface area contributed by atoms with Gasteiger partial charge in [0.25, 0.3) is 0 Å². The van der Waals surface area contributed by atoms with E-state index in [1.807, 2.05) is 6.92 Å². The Morgan fingerprint density at radius 3 is 2.60 bits per heavy atom. The molecule has 1 unspecified atom stereocenters. The molecule has 1 atom stereocenters. The first-order valence-electron chi connectivity index (χ1n) is 7.75. The molecule has 0 aromatic carbocycles. The average molecular weight is 280 g/mol. The number of piperazine rings is 1. The van der Waals surface area contributed by atoms with Crippen molar-refractivity contribution in [2.24, 2.45) is 5.92 Å². The molecule has 20 heavy (non-hydrogen) atoms. The highest BCUT2D eigenvalue weighted by atomic mass is 16.2. The number of rotatable bonds is 4. The fourth-order valence-corrected chi connectivity index (χ4v) is 3.28. The van der Waals surface area contributed by atoms with E-state index >= 15 is 0 Å². The number of hydrogen-bond donors (Lipinski definition) is 1. The summed E-state index contributed by atoms with van der Waals surface area (Å²) < 4.78 is 0. The van der Waals surface area contributed by atoms with Crippen LogP contribution in [0, 0.1) is 5.92 Å². The van der Waals surface area contributed by atoms with Gasteiger partial charge in [-0.05, 0) is 18.8 Å². The largest absolute Gasteiger partial charge is 0.321 e. The minimum atomic E-state index is -0.480. The summed E-state index contributed by atoms with van der Waals surface area (Å²) >= 11 is 0. The standard InChI is InChI=1S/C15H24N2O3/c1-2-12-15(20)16-13(18)10-17(12)14(19)9-8-11-6-4-3-5-7-11/h11-12H,2-10H2,1H3,(H,16,18,20). The Hall–Kier alpha value is -1.39. The van der Waals surface area contributed by atoms with Crippen molar-refractivity contribution in [3.8, 4) is 0 Å². The monoisotopic (exact) mass is 280 g/mol. The van der Waals surface area contributed by atoms with Crippen molar-refractivity contribution in [1.82, 2.24) is 10.2 Å². The van der Waals surface area contributed by atoms with Crippen LogP contribution in [0.4, 0.5) is 0 Å². The highest BCUT2D eigenvalue weighted by Crippen LogP contribution is 2.27. The van der Waals surface area contributed by atoms with Gasteiger partial charge in [-0.1, -0.05) is 39.0 Å². The van der Waals surface area contributed by atoms with E-state index in [4.69, 9.17) is 0 Å². The van der Waals surface area contributed by atoms with Crippen LogP contribution in [0.3, 0.4) is 0 Å². The Morgan fingerprint density at radius 2 is 1.95 bits per heavy atom. The van der Waals surface area contributed by atoms with Gasteiger partial charge in [0.15, 0.2) is 0 Å². The molecule has 0 bridgehead atoms. The van der Waals surface area contributed by atoms with Crippen molar-refractivity contribution in [2.45, 2.75) is 64.3 Å². The summed E-state index contributed by atoms with van der Waals surface area (Å²) in [5.74, 6) is -0.117. The summed E-state index contributed by atoms with van der Waals surface area (Å²) in [5.41, 5.74) is 0. The van der Waals surface area contributed by atoms with E-state index in [-0.39, 0.29) is 24.3 Å². The molecule has 3 amide bonds. The van der Waals surface area contributed by atoms with Crippen LogP contribution in [0.2, 0.25) is 0 Å². The molecule has 5 heteroatoms. The number of nitrogens with zero attached hydrogens (tertiary/aromatic N) is 1. The minimum Gasteiger partial charge on any atom is -0.321 e. The van der Waals surface area contributed by atoms with Crippen LogP contribution in [0.25, 0.3) is 0 Å². The molecular weight excluding hydrogens is 256 g/mol. The molecule has 1 aliphatic carbocycles. The summed E-state index contributed by atoms with van der Waals surface area (Å²) in [4.78, 5) is 36.9. The second-order valence-corrected chi connectivity index (χ2v) is 5.90. The molecule has 5 nitrogen and oxygen atoms in total. The number of nitrogens with one attached hydrogen (secondary N) is 1. The summed E-state index contributed by atoms with van der Waals surface area (Å²) in [5, 5.41) is 2.30. The minimum absolute atomic E-state index is 0.0216. The fraction of sp³-hybridized carbons (Fsp3) is 0.800. The maximum Gasteiger partial charge on any atom is 0.249 e. The zero-order valence-corrected chi connectivity index (χ0v) is 12.2. The Bertz CT molecular complexity index is 389. The van der Waals surface area contributed by atoms with Gasteiger partial charge in [0.2, 0.25) is 17.7 Å². The fourth-order valence-electron chi connectivity index (χ4n) is 3.28. The van der Waals surface area contributed by atoms with Crippen molar-refractivity contribution >= 4 is 17.7 Å². The van der Waals surface area contributed by atoms with Gasteiger partial charge >= 0.3 is 0 Å². The van der Waals surface area contributed by atoms with Gasteiger partial charge in [-0.25, -0.2) is 0 Å². The second-order valence-electron chi connectivity index (χ2n) is 5.90. The normalized spacial score (nSPS) is 24.6. The van der Waals surface area contributed by atoms with Crippen LogP contribution in [0.15, 0.2) is 0 Å². The van der Waals surface area contributed by atoms with Gasteiger partial charge in [0.1, 0.15) is 12.6 Å². The Morgan fingerprint density at radius 1 is 1.25 bits per heavy atom. The van der Waals surface area contributed by atoms with Gasteiger partial charge in [0.05, 0.1) is 0 Å². The van der Waals surface area contributed by atoms with Crippen molar-refractivity contribution in [2.75, 3.05) is 6.54 Å². The summed E-state index contributed by atoms with van der Waals surface area (Å²) in [7, 11) is 0. The Balaban J connectivity index is 1.88. The smallest absolute Gasteiger partial charge is 0.249 e. The molecule has 2 aliphatic rings. The van der Waals surface area contributed by atoms with Gasteiger partial charge in [0, 0.05) is 6.42 Å². The van der Waals surface area contributed by atoms with Gasteiger partial charge in [-0.3, -0.25) is 19.7 Å². The molecule has 0 radical (unpaired) electrons. The molecule has 1 saturated carbocycles. The van der Waals surface area contributed by atoms with E-state index in [1.54, 1.807) is 0 Å². The summed E-state index contributed by atoms with van der Waals surface area (Å²) in [6, 6.07) is -0.480. The maximum absolute atomic E-state index is 12.3. The van der Waals surface area contributed by atoms with Crippen LogP contribution in [0.5, 0.6) is 0 Å². The second kappa shape index (κ2) is 6.86. The number of hydrogen-bond acceptors (Lipinski definition) is 3. The molecule has 1 heterocycles. The maximum atomic E-state index is 12.3. The highest BCUT2D eigenvalue weighted by molar-refractivity contribution is 6.04. The molecule has 2 rings (SSSR count). The first-order chi connectivity index (χ1) is 9.61. The molecule has 0 aromatic heterocycles. The number of imide groups is 1. The SMILES string of the molecule is CCC1C(=O)NC(=O)CN1C(=O)CCC1CCCCC1. The van der Waals surface area contributed by atoms with Gasteiger partial charge in [-0.2, -0.15) is 0 Å². The van der Waals surface area contributed by atoms with Crippen LogP contribution in [-0.2, 0) is 14.4 Å². The zero-order valence-electron chi connectivity index (χ0n) is 12.2. The van der Waals surface area contributed by atoms with Crippen LogP contribution >= 0.6 is 0 Å². The molecular formula is C15H24N2O3. The van der Waals surface area contributed by atoms with Crippen molar-refractivity contribution in [3.05, 3.63) is 0 Å².